The van der Waals surface area contributed by atoms with Crippen molar-refractivity contribution in [2.24, 2.45) is 0 Å². The lowest BCUT2D eigenvalue weighted by Crippen LogP contribution is -2.45. The molecule has 0 spiro atoms. The number of rotatable bonds is 9. The van der Waals surface area contributed by atoms with Crippen LogP contribution in [0.2, 0.25) is 0 Å². The molecule has 0 saturated carbocycles. The van der Waals surface area contributed by atoms with E-state index in [1.54, 1.807) is 7.11 Å². The Hall–Kier alpha value is -0.500. The van der Waals surface area contributed by atoms with Crippen molar-refractivity contribution in [1.29, 1.82) is 0 Å². The molecular formula is C17H29Cl2N3O2S. The number of carbonyl (C=O) groups excluding carboxylic acids is 1. The van der Waals surface area contributed by atoms with Crippen LogP contribution in [0.15, 0.2) is 30.3 Å². The maximum Gasteiger partial charge on any atom is 0.242 e. The summed E-state index contributed by atoms with van der Waals surface area (Å²) >= 11 is 1.96. The van der Waals surface area contributed by atoms with Gasteiger partial charge in [0.1, 0.15) is 6.04 Å². The fourth-order valence-corrected chi connectivity index (χ4v) is 3.60. The Morgan fingerprint density at radius 2 is 1.84 bits per heavy atom. The zero-order chi connectivity index (χ0) is 16.3. The van der Waals surface area contributed by atoms with Gasteiger partial charge >= 0.3 is 0 Å². The zero-order valence-electron chi connectivity index (χ0n) is 14.6. The summed E-state index contributed by atoms with van der Waals surface area (Å²) in [6.45, 7) is 4.80. The van der Waals surface area contributed by atoms with Crippen LogP contribution in [0.25, 0.3) is 0 Å². The molecule has 1 aromatic rings. The molecule has 1 fully saturated rings. The molecular weight excluding hydrogens is 381 g/mol. The van der Waals surface area contributed by atoms with E-state index in [0.717, 1.165) is 43.2 Å². The second-order valence-electron chi connectivity index (χ2n) is 5.50. The molecule has 1 amide bonds. The predicted molar refractivity (Wildman–Crippen MR) is 110 cm³/mol. The number of nitrogens with one attached hydrogen (secondary N) is 2. The van der Waals surface area contributed by atoms with Crippen LogP contribution in [-0.4, -0.2) is 68.8 Å². The summed E-state index contributed by atoms with van der Waals surface area (Å²) in [6.07, 6.45) is 0. The number of benzene rings is 1. The molecule has 1 unspecified atom stereocenters. The lowest BCUT2D eigenvalue weighted by atomic mass is 10.0. The van der Waals surface area contributed by atoms with E-state index < -0.39 is 0 Å². The fourth-order valence-electron chi connectivity index (χ4n) is 2.67. The third-order valence-electron chi connectivity index (χ3n) is 3.86. The molecule has 0 aliphatic carbocycles. The highest BCUT2D eigenvalue weighted by atomic mass is 35.5. The Labute approximate surface area is 167 Å². The minimum atomic E-state index is -0.184. The highest BCUT2D eigenvalue weighted by Crippen LogP contribution is 2.24. The maximum absolute atomic E-state index is 12.7. The average Bonchev–Trinajstić information content (AvgIpc) is 2.60. The van der Waals surface area contributed by atoms with Gasteiger partial charge in [0.05, 0.1) is 6.61 Å². The molecule has 25 heavy (non-hydrogen) atoms. The molecule has 1 saturated heterocycles. The first kappa shape index (κ1) is 24.5. The Balaban J connectivity index is 0.00000288. The predicted octanol–water partition coefficient (Wildman–Crippen LogP) is 1.97. The van der Waals surface area contributed by atoms with Crippen LogP contribution in [0.4, 0.5) is 0 Å². The molecule has 0 bridgehead atoms. The van der Waals surface area contributed by atoms with Crippen molar-refractivity contribution in [3.05, 3.63) is 35.9 Å². The summed E-state index contributed by atoms with van der Waals surface area (Å²) in [5, 5.41) is 6.31. The first-order valence-corrected chi connectivity index (χ1v) is 9.32. The van der Waals surface area contributed by atoms with Gasteiger partial charge in [0.25, 0.3) is 0 Å². The van der Waals surface area contributed by atoms with Crippen molar-refractivity contribution in [1.82, 2.24) is 15.5 Å². The van der Waals surface area contributed by atoms with E-state index in [4.69, 9.17) is 4.74 Å². The second kappa shape index (κ2) is 14.6. The van der Waals surface area contributed by atoms with Crippen molar-refractivity contribution in [2.45, 2.75) is 6.04 Å². The van der Waals surface area contributed by atoms with Gasteiger partial charge in [-0.05, 0) is 5.56 Å². The highest BCUT2D eigenvalue weighted by Gasteiger charge is 2.28. The van der Waals surface area contributed by atoms with Gasteiger partial charge in [-0.1, -0.05) is 30.3 Å². The molecule has 2 N–H and O–H groups in total. The van der Waals surface area contributed by atoms with Gasteiger partial charge in [-0.25, -0.2) is 0 Å². The molecule has 1 aromatic carbocycles. The standard InChI is InChI=1S/C17H27N3O2S.2ClH/c1-22-12-9-18-7-8-19-17(21)16(15-5-3-2-4-6-15)20-10-13-23-14-11-20;;/h2-6,16,18H,7-14H2,1H3,(H,19,21);2*1H. The third-order valence-corrected chi connectivity index (χ3v) is 4.80. The van der Waals surface area contributed by atoms with E-state index in [-0.39, 0.29) is 36.8 Å². The van der Waals surface area contributed by atoms with E-state index in [1.165, 1.54) is 0 Å². The third kappa shape index (κ3) is 8.62. The summed E-state index contributed by atoms with van der Waals surface area (Å²) in [7, 11) is 1.69. The number of thioether (sulfide) groups is 1. The van der Waals surface area contributed by atoms with Crippen LogP contribution < -0.4 is 10.6 Å². The SMILES string of the molecule is COCCNCCNC(=O)C(c1ccccc1)N1CCSCC1.Cl.Cl. The van der Waals surface area contributed by atoms with E-state index in [1.807, 2.05) is 42.1 Å². The van der Waals surface area contributed by atoms with E-state index in [9.17, 15) is 4.79 Å². The number of carbonyl (C=O) groups is 1. The number of ether oxygens (including phenoxy) is 1. The summed E-state index contributed by atoms with van der Waals surface area (Å²) in [6, 6.07) is 9.90. The molecule has 1 aliphatic heterocycles. The number of halogens is 2. The van der Waals surface area contributed by atoms with Crippen LogP contribution in [0.1, 0.15) is 11.6 Å². The minimum Gasteiger partial charge on any atom is -0.383 e. The summed E-state index contributed by atoms with van der Waals surface area (Å²) < 4.78 is 4.99. The maximum atomic E-state index is 12.7. The summed E-state index contributed by atoms with van der Waals surface area (Å²) in [5.74, 6) is 2.28. The fraction of sp³-hybridized carbons (Fsp3) is 0.588. The van der Waals surface area contributed by atoms with Crippen molar-refractivity contribution < 1.29 is 9.53 Å². The number of hydrogen-bond acceptors (Lipinski definition) is 5. The normalized spacial score (nSPS) is 15.6. The van der Waals surface area contributed by atoms with Gasteiger partial charge in [0.15, 0.2) is 0 Å². The van der Waals surface area contributed by atoms with E-state index >= 15 is 0 Å². The molecule has 0 radical (unpaired) electrons. The Morgan fingerprint density at radius 3 is 2.48 bits per heavy atom. The molecule has 0 aromatic heterocycles. The number of nitrogens with zero attached hydrogens (tertiary/aromatic N) is 1. The monoisotopic (exact) mass is 409 g/mol. The quantitative estimate of drug-likeness (QED) is 0.610. The van der Waals surface area contributed by atoms with Crippen LogP contribution in [-0.2, 0) is 9.53 Å². The molecule has 2 rings (SSSR count). The zero-order valence-corrected chi connectivity index (χ0v) is 17.1. The number of methoxy groups -OCH3 is 1. The lowest BCUT2D eigenvalue weighted by molar-refractivity contribution is -0.126. The van der Waals surface area contributed by atoms with Crippen LogP contribution in [0, 0.1) is 0 Å². The summed E-state index contributed by atoms with van der Waals surface area (Å²) in [5.41, 5.74) is 1.07. The Morgan fingerprint density at radius 1 is 1.16 bits per heavy atom. The minimum absolute atomic E-state index is 0. The van der Waals surface area contributed by atoms with Crippen molar-refractivity contribution in [2.75, 3.05) is 57.9 Å². The summed E-state index contributed by atoms with van der Waals surface area (Å²) in [4.78, 5) is 15.0. The molecule has 144 valence electrons. The molecule has 5 nitrogen and oxygen atoms in total. The Kier molecular flexibility index (Phi) is 14.4. The van der Waals surface area contributed by atoms with E-state index in [2.05, 4.69) is 15.5 Å². The molecule has 1 atom stereocenters. The van der Waals surface area contributed by atoms with Crippen molar-refractivity contribution in [3.63, 3.8) is 0 Å². The average molecular weight is 410 g/mol. The smallest absolute Gasteiger partial charge is 0.242 e. The van der Waals surface area contributed by atoms with Gasteiger partial charge in [-0.15, -0.1) is 24.8 Å². The topological polar surface area (TPSA) is 53.6 Å². The number of hydrogen-bond donors (Lipinski definition) is 2. The van der Waals surface area contributed by atoms with Crippen LogP contribution >= 0.6 is 36.6 Å². The molecule has 1 aliphatic rings. The van der Waals surface area contributed by atoms with Gasteiger partial charge < -0.3 is 15.4 Å². The molecule has 1 heterocycles. The van der Waals surface area contributed by atoms with E-state index in [0.29, 0.717) is 13.2 Å². The van der Waals surface area contributed by atoms with Gasteiger partial charge in [0, 0.05) is 51.3 Å². The first-order valence-electron chi connectivity index (χ1n) is 8.17. The number of amides is 1. The second-order valence-corrected chi connectivity index (χ2v) is 6.72. The van der Waals surface area contributed by atoms with Crippen molar-refractivity contribution >= 4 is 42.5 Å². The highest BCUT2D eigenvalue weighted by molar-refractivity contribution is 7.99. The van der Waals surface area contributed by atoms with Gasteiger partial charge in [-0.2, -0.15) is 11.8 Å². The van der Waals surface area contributed by atoms with Crippen molar-refractivity contribution in [3.8, 4) is 0 Å². The van der Waals surface area contributed by atoms with Crippen LogP contribution in [0.3, 0.4) is 0 Å². The van der Waals surface area contributed by atoms with Crippen LogP contribution in [0.5, 0.6) is 0 Å². The largest absolute Gasteiger partial charge is 0.383 e. The molecule has 8 heteroatoms. The first-order chi connectivity index (χ1) is 11.3. The Bertz CT molecular complexity index is 462. The lowest BCUT2D eigenvalue weighted by Gasteiger charge is -2.33. The van der Waals surface area contributed by atoms with Gasteiger partial charge in [0.2, 0.25) is 5.91 Å². The van der Waals surface area contributed by atoms with Gasteiger partial charge in [-0.3, -0.25) is 9.69 Å².